The van der Waals surface area contributed by atoms with Gasteiger partial charge in [0.05, 0.1) is 13.2 Å². The standard InChI is InChI=1S/C24H31FN3O9P/c1-5-6-14-34-21(30)16(2)27-38(32,37-17-10-8-7-9-11-17)35-15-18-20(33-4)24(3,25)22(36-18)28-13-12-19(29)26-23(28)31/h5,7-13,16,18,20,22H,1,6,14-15H2,2-4H3,(H,27,32)(H,26,29,31)/t16-,18?,20+,22?,24+,38?/m0/s1. The van der Waals surface area contributed by atoms with Crippen molar-refractivity contribution in [3.05, 3.63) is 76.1 Å². The summed E-state index contributed by atoms with van der Waals surface area (Å²) in [5, 5.41) is 2.53. The van der Waals surface area contributed by atoms with Gasteiger partial charge >= 0.3 is 19.4 Å². The minimum absolute atomic E-state index is 0.0884. The first kappa shape index (κ1) is 29.5. The molecule has 0 aliphatic carbocycles. The van der Waals surface area contributed by atoms with Crippen molar-refractivity contribution < 1.29 is 37.0 Å². The Morgan fingerprint density at radius 1 is 1.34 bits per heavy atom. The Balaban J connectivity index is 1.81. The zero-order chi connectivity index (χ0) is 27.9. The molecule has 2 N–H and O–H groups in total. The number of methoxy groups -OCH3 is 1. The van der Waals surface area contributed by atoms with Crippen LogP contribution in [0.25, 0.3) is 0 Å². The fourth-order valence-electron chi connectivity index (χ4n) is 3.87. The molecule has 0 radical (unpaired) electrons. The molecule has 1 fully saturated rings. The molecule has 0 bridgehead atoms. The van der Waals surface area contributed by atoms with E-state index >= 15 is 4.39 Å². The number of nitrogens with zero attached hydrogens (tertiary/aromatic N) is 1. The quantitative estimate of drug-likeness (QED) is 0.164. The molecule has 38 heavy (non-hydrogen) atoms. The van der Waals surface area contributed by atoms with Gasteiger partial charge in [0, 0.05) is 19.4 Å². The molecule has 0 spiro atoms. The van der Waals surface area contributed by atoms with Crippen molar-refractivity contribution in [2.45, 2.75) is 50.4 Å². The highest BCUT2D eigenvalue weighted by molar-refractivity contribution is 7.52. The lowest BCUT2D eigenvalue weighted by molar-refractivity contribution is -0.145. The van der Waals surface area contributed by atoms with E-state index in [0.29, 0.717) is 6.42 Å². The van der Waals surface area contributed by atoms with Crippen molar-refractivity contribution in [2.75, 3.05) is 20.3 Å². The second kappa shape index (κ2) is 12.6. The van der Waals surface area contributed by atoms with Crippen molar-refractivity contribution in [1.82, 2.24) is 14.6 Å². The van der Waals surface area contributed by atoms with Gasteiger partial charge in [0.15, 0.2) is 11.9 Å². The molecule has 1 aromatic carbocycles. The highest BCUT2D eigenvalue weighted by atomic mass is 31.2. The van der Waals surface area contributed by atoms with Gasteiger partial charge in [-0.05, 0) is 32.4 Å². The molecule has 3 unspecified atom stereocenters. The number of alkyl halides is 1. The second-order valence-electron chi connectivity index (χ2n) is 8.65. The molecule has 0 amide bonds. The first-order valence-corrected chi connectivity index (χ1v) is 13.3. The third-order valence-corrected chi connectivity index (χ3v) is 7.33. The molecule has 12 nitrogen and oxygen atoms in total. The number of ether oxygens (including phenoxy) is 3. The average Bonchev–Trinajstić information content (AvgIpc) is 3.12. The SMILES string of the molecule is C=CCCOC(=O)[C@H](C)NP(=O)(OCC1OC(n2ccc(=O)[nH]c2=O)[C@](C)(F)[C@@H]1OC)Oc1ccccc1. The van der Waals surface area contributed by atoms with Crippen LogP contribution in [0.2, 0.25) is 0 Å². The van der Waals surface area contributed by atoms with Crippen LogP contribution in [0.3, 0.4) is 0 Å². The summed E-state index contributed by atoms with van der Waals surface area (Å²) in [4.78, 5) is 38.1. The van der Waals surface area contributed by atoms with Gasteiger partial charge in [0.2, 0.25) is 0 Å². The van der Waals surface area contributed by atoms with Gasteiger partial charge in [-0.3, -0.25) is 23.7 Å². The number of carbonyl (C=O) groups excluding carboxylic acids is 1. The number of rotatable bonds is 13. The smallest absolute Gasteiger partial charge is 0.459 e. The van der Waals surface area contributed by atoms with Crippen LogP contribution in [-0.2, 0) is 28.1 Å². The molecule has 2 aromatic rings. The van der Waals surface area contributed by atoms with E-state index in [2.05, 4.69) is 11.7 Å². The van der Waals surface area contributed by atoms with Gasteiger partial charge in [-0.2, -0.15) is 5.09 Å². The lowest BCUT2D eigenvalue weighted by Crippen LogP contribution is -2.44. The Morgan fingerprint density at radius 2 is 2.05 bits per heavy atom. The maximum atomic E-state index is 15.8. The Kier molecular flexibility index (Phi) is 9.80. The number of H-pyrrole nitrogens is 1. The van der Waals surface area contributed by atoms with Crippen molar-refractivity contribution in [1.29, 1.82) is 0 Å². The highest BCUT2D eigenvalue weighted by Crippen LogP contribution is 2.48. The Bertz CT molecular complexity index is 1270. The van der Waals surface area contributed by atoms with E-state index in [9.17, 15) is 18.9 Å². The first-order chi connectivity index (χ1) is 18.0. The second-order valence-corrected chi connectivity index (χ2v) is 10.3. The van der Waals surface area contributed by atoms with Crippen LogP contribution in [0.15, 0.2) is 64.8 Å². The zero-order valence-electron chi connectivity index (χ0n) is 21.2. The minimum atomic E-state index is -4.27. The normalized spacial score (nSPS) is 25.3. The van der Waals surface area contributed by atoms with E-state index < -0.39 is 61.7 Å². The fourth-order valence-corrected chi connectivity index (χ4v) is 5.37. The van der Waals surface area contributed by atoms with Gasteiger partial charge < -0.3 is 18.7 Å². The van der Waals surface area contributed by atoms with Crippen LogP contribution < -0.4 is 20.9 Å². The molecule has 14 heteroatoms. The maximum absolute atomic E-state index is 15.8. The van der Waals surface area contributed by atoms with E-state index in [0.717, 1.165) is 16.8 Å². The summed E-state index contributed by atoms with van der Waals surface area (Å²) in [5.41, 5.74) is -3.80. The van der Waals surface area contributed by atoms with Crippen LogP contribution >= 0.6 is 7.75 Å². The van der Waals surface area contributed by atoms with E-state index in [-0.39, 0.29) is 12.4 Å². The number of benzene rings is 1. The molecular formula is C24H31FN3O9P. The molecule has 6 atom stereocenters. The molecular weight excluding hydrogens is 524 g/mol. The molecule has 1 saturated heterocycles. The van der Waals surface area contributed by atoms with Gasteiger partial charge in [-0.1, -0.05) is 24.3 Å². The maximum Gasteiger partial charge on any atom is 0.459 e. The lowest BCUT2D eigenvalue weighted by atomic mass is 9.98. The van der Waals surface area contributed by atoms with E-state index in [1.54, 1.807) is 24.3 Å². The Labute approximate surface area is 218 Å². The minimum Gasteiger partial charge on any atom is -0.464 e. The van der Waals surface area contributed by atoms with Gasteiger partial charge in [-0.15, -0.1) is 6.58 Å². The predicted molar refractivity (Wildman–Crippen MR) is 135 cm³/mol. The van der Waals surface area contributed by atoms with E-state index in [1.807, 2.05) is 4.98 Å². The van der Waals surface area contributed by atoms with Crippen LogP contribution in [-0.4, -0.2) is 59.8 Å². The van der Waals surface area contributed by atoms with Gasteiger partial charge in [-0.25, -0.2) is 13.8 Å². The monoisotopic (exact) mass is 555 g/mol. The molecule has 1 aliphatic heterocycles. The third kappa shape index (κ3) is 7.06. The van der Waals surface area contributed by atoms with Gasteiger partial charge in [0.25, 0.3) is 5.56 Å². The fraction of sp³-hybridized carbons (Fsp3) is 0.458. The molecule has 208 valence electrons. The Morgan fingerprint density at radius 3 is 2.68 bits per heavy atom. The van der Waals surface area contributed by atoms with E-state index in [4.69, 9.17) is 23.3 Å². The van der Waals surface area contributed by atoms with Crippen LogP contribution in [0.1, 0.15) is 26.5 Å². The number of aromatic nitrogens is 2. The largest absolute Gasteiger partial charge is 0.464 e. The highest BCUT2D eigenvalue weighted by Gasteiger charge is 2.57. The van der Waals surface area contributed by atoms with Crippen LogP contribution in [0.4, 0.5) is 4.39 Å². The van der Waals surface area contributed by atoms with Crippen molar-refractivity contribution in [2.24, 2.45) is 0 Å². The lowest BCUT2D eigenvalue weighted by Gasteiger charge is -2.27. The molecule has 0 saturated carbocycles. The van der Waals surface area contributed by atoms with Crippen molar-refractivity contribution in [3.8, 4) is 5.75 Å². The van der Waals surface area contributed by atoms with Crippen molar-refractivity contribution in [3.63, 3.8) is 0 Å². The summed E-state index contributed by atoms with van der Waals surface area (Å²) in [7, 11) is -3.03. The Hall–Kier alpha value is -3.09. The summed E-state index contributed by atoms with van der Waals surface area (Å²) < 4.78 is 57.8. The number of nitrogens with one attached hydrogen (secondary N) is 2. The number of hydrogen-bond donors (Lipinski definition) is 2. The molecule has 3 rings (SSSR count). The summed E-state index contributed by atoms with van der Waals surface area (Å²) in [6.07, 6.45) is -0.803. The summed E-state index contributed by atoms with van der Waals surface area (Å²) in [6, 6.07) is 8.04. The summed E-state index contributed by atoms with van der Waals surface area (Å²) in [6.45, 7) is 5.72. The topological polar surface area (TPSA) is 147 Å². The average molecular weight is 555 g/mol. The predicted octanol–water partition coefficient (Wildman–Crippen LogP) is 2.48. The van der Waals surface area contributed by atoms with Gasteiger partial charge in [0.1, 0.15) is 24.0 Å². The summed E-state index contributed by atoms with van der Waals surface area (Å²) >= 11 is 0. The van der Waals surface area contributed by atoms with Crippen LogP contribution in [0, 0.1) is 0 Å². The first-order valence-electron chi connectivity index (χ1n) is 11.7. The molecule has 1 aromatic heterocycles. The molecule has 2 heterocycles. The number of aromatic amines is 1. The number of halogens is 1. The number of esters is 1. The molecule has 1 aliphatic rings. The number of para-hydroxylation sites is 1. The van der Waals surface area contributed by atoms with E-state index in [1.165, 1.54) is 33.1 Å². The number of hydrogen-bond acceptors (Lipinski definition) is 9. The summed E-state index contributed by atoms with van der Waals surface area (Å²) in [5.74, 6) is -0.521. The zero-order valence-corrected chi connectivity index (χ0v) is 22.1. The van der Waals surface area contributed by atoms with Crippen molar-refractivity contribution >= 4 is 13.7 Å². The number of carbonyl (C=O) groups is 1. The van der Waals surface area contributed by atoms with Crippen LogP contribution in [0.5, 0.6) is 5.75 Å². The third-order valence-electron chi connectivity index (χ3n) is 5.69.